The van der Waals surface area contributed by atoms with Crippen molar-refractivity contribution in [1.82, 2.24) is 0 Å². The third-order valence-electron chi connectivity index (χ3n) is 3.56. The quantitative estimate of drug-likeness (QED) is 0.668. The second kappa shape index (κ2) is 7.02. The smallest absolute Gasteiger partial charge is 0.309 e. The van der Waals surface area contributed by atoms with E-state index in [-0.39, 0.29) is 30.2 Å². The Balaban J connectivity index is 1.85. The van der Waals surface area contributed by atoms with E-state index in [1.807, 2.05) is 0 Å². The SMILES string of the molecule is CC(=O)Nc1ccc(C(=O)COC(=O)C2CCCC2)cc1. The van der Waals surface area contributed by atoms with E-state index in [2.05, 4.69) is 5.32 Å². The van der Waals surface area contributed by atoms with E-state index in [1.54, 1.807) is 24.3 Å². The van der Waals surface area contributed by atoms with Gasteiger partial charge in [0.05, 0.1) is 5.92 Å². The molecule has 0 radical (unpaired) electrons. The van der Waals surface area contributed by atoms with Gasteiger partial charge in [0.2, 0.25) is 5.91 Å². The Labute approximate surface area is 123 Å². The molecule has 0 aliphatic heterocycles. The van der Waals surface area contributed by atoms with Gasteiger partial charge in [0.25, 0.3) is 0 Å². The van der Waals surface area contributed by atoms with Crippen molar-refractivity contribution in [1.29, 1.82) is 0 Å². The van der Waals surface area contributed by atoms with E-state index in [4.69, 9.17) is 4.74 Å². The fraction of sp³-hybridized carbons (Fsp3) is 0.438. The lowest BCUT2D eigenvalue weighted by Gasteiger charge is -2.09. The van der Waals surface area contributed by atoms with E-state index < -0.39 is 0 Å². The molecule has 1 amide bonds. The topological polar surface area (TPSA) is 72.5 Å². The molecule has 1 fully saturated rings. The van der Waals surface area contributed by atoms with E-state index >= 15 is 0 Å². The summed E-state index contributed by atoms with van der Waals surface area (Å²) in [5.41, 5.74) is 1.09. The van der Waals surface area contributed by atoms with Crippen molar-refractivity contribution in [2.75, 3.05) is 11.9 Å². The van der Waals surface area contributed by atoms with E-state index in [1.165, 1.54) is 6.92 Å². The molecule has 1 aromatic carbocycles. The van der Waals surface area contributed by atoms with Gasteiger partial charge >= 0.3 is 5.97 Å². The van der Waals surface area contributed by atoms with Crippen molar-refractivity contribution in [3.05, 3.63) is 29.8 Å². The summed E-state index contributed by atoms with van der Waals surface area (Å²) >= 11 is 0. The van der Waals surface area contributed by atoms with Gasteiger partial charge in [-0.25, -0.2) is 0 Å². The van der Waals surface area contributed by atoms with Gasteiger partial charge in [-0.1, -0.05) is 12.8 Å². The molecule has 0 heterocycles. The van der Waals surface area contributed by atoms with E-state index in [0.29, 0.717) is 11.3 Å². The Hall–Kier alpha value is -2.17. The molecule has 0 unspecified atom stereocenters. The third-order valence-corrected chi connectivity index (χ3v) is 3.56. The first-order valence-corrected chi connectivity index (χ1v) is 7.14. The van der Waals surface area contributed by atoms with Crippen LogP contribution in [-0.2, 0) is 14.3 Å². The average molecular weight is 289 g/mol. The van der Waals surface area contributed by atoms with Crippen LogP contribution < -0.4 is 5.32 Å². The van der Waals surface area contributed by atoms with Crippen LogP contribution in [0.1, 0.15) is 43.0 Å². The Morgan fingerprint density at radius 2 is 1.76 bits per heavy atom. The van der Waals surface area contributed by atoms with Crippen LogP contribution in [0.15, 0.2) is 24.3 Å². The average Bonchev–Trinajstić information content (AvgIpc) is 2.99. The number of carbonyl (C=O) groups is 3. The van der Waals surface area contributed by atoms with Crippen molar-refractivity contribution in [2.45, 2.75) is 32.6 Å². The van der Waals surface area contributed by atoms with Crippen LogP contribution in [0.4, 0.5) is 5.69 Å². The highest BCUT2D eigenvalue weighted by Gasteiger charge is 2.24. The molecule has 0 atom stereocenters. The molecular formula is C16H19NO4. The Morgan fingerprint density at radius 1 is 1.14 bits per heavy atom. The zero-order valence-electron chi connectivity index (χ0n) is 12.1. The number of Topliss-reactive ketones (excluding diaryl/α,β-unsaturated/α-hetero) is 1. The molecule has 1 aliphatic rings. The number of rotatable bonds is 5. The predicted octanol–water partition coefficient (Wildman–Crippen LogP) is 2.56. The molecule has 0 aromatic heterocycles. The summed E-state index contributed by atoms with van der Waals surface area (Å²) in [7, 11) is 0. The van der Waals surface area contributed by atoms with Crippen LogP contribution in [0.3, 0.4) is 0 Å². The molecule has 0 saturated heterocycles. The number of ketones is 1. The number of ether oxygens (including phenoxy) is 1. The van der Waals surface area contributed by atoms with Gasteiger partial charge in [-0.15, -0.1) is 0 Å². The van der Waals surface area contributed by atoms with Crippen LogP contribution in [0.2, 0.25) is 0 Å². The second-order valence-corrected chi connectivity index (χ2v) is 5.27. The predicted molar refractivity (Wildman–Crippen MR) is 78.0 cm³/mol. The molecule has 1 saturated carbocycles. The van der Waals surface area contributed by atoms with Gasteiger partial charge in [-0.2, -0.15) is 0 Å². The van der Waals surface area contributed by atoms with Crippen LogP contribution in [0.5, 0.6) is 0 Å². The van der Waals surface area contributed by atoms with Crippen molar-refractivity contribution in [3.8, 4) is 0 Å². The molecule has 0 spiro atoms. The Morgan fingerprint density at radius 3 is 2.33 bits per heavy atom. The molecule has 5 heteroatoms. The first-order valence-electron chi connectivity index (χ1n) is 7.14. The maximum atomic E-state index is 11.9. The minimum atomic E-state index is -0.268. The standard InChI is InChI=1S/C16H19NO4/c1-11(18)17-14-8-6-12(7-9-14)15(19)10-21-16(20)13-4-2-3-5-13/h6-9,13H,2-5,10H2,1H3,(H,17,18). The molecule has 112 valence electrons. The zero-order chi connectivity index (χ0) is 15.2. The fourth-order valence-electron chi connectivity index (χ4n) is 2.44. The van der Waals surface area contributed by atoms with Gasteiger partial charge in [-0.3, -0.25) is 14.4 Å². The Kier molecular flexibility index (Phi) is 5.09. The minimum absolute atomic E-state index is 0.0417. The monoisotopic (exact) mass is 289 g/mol. The first-order chi connectivity index (χ1) is 10.1. The summed E-state index contributed by atoms with van der Waals surface area (Å²) < 4.78 is 5.08. The van der Waals surface area contributed by atoms with Crippen LogP contribution in [0, 0.1) is 5.92 Å². The molecule has 5 nitrogen and oxygen atoms in total. The van der Waals surface area contributed by atoms with Gasteiger partial charge in [0.15, 0.2) is 12.4 Å². The largest absolute Gasteiger partial charge is 0.457 e. The number of hydrogen-bond acceptors (Lipinski definition) is 4. The normalized spacial score (nSPS) is 14.7. The molecule has 1 aromatic rings. The number of carbonyl (C=O) groups excluding carboxylic acids is 3. The number of nitrogens with one attached hydrogen (secondary N) is 1. The molecule has 1 N–H and O–H groups in total. The lowest BCUT2D eigenvalue weighted by atomic mass is 10.1. The van der Waals surface area contributed by atoms with Crippen molar-refractivity contribution in [3.63, 3.8) is 0 Å². The summed E-state index contributed by atoms with van der Waals surface area (Å²) in [6.07, 6.45) is 3.83. The molecular weight excluding hydrogens is 270 g/mol. The summed E-state index contributed by atoms with van der Waals surface area (Å²) in [4.78, 5) is 34.6. The summed E-state index contributed by atoms with van der Waals surface area (Å²) in [5.74, 6) is -0.717. The van der Waals surface area contributed by atoms with Crippen LogP contribution in [0.25, 0.3) is 0 Å². The maximum Gasteiger partial charge on any atom is 0.309 e. The lowest BCUT2D eigenvalue weighted by molar-refractivity contribution is -0.147. The van der Waals surface area contributed by atoms with Gasteiger partial charge in [0.1, 0.15) is 0 Å². The first kappa shape index (κ1) is 15.2. The Bertz CT molecular complexity index is 530. The molecule has 21 heavy (non-hydrogen) atoms. The number of anilines is 1. The number of hydrogen-bond donors (Lipinski definition) is 1. The number of benzene rings is 1. The highest BCUT2D eigenvalue weighted by Crippen LogP contribution is 2.25. The van der Waals surface area contributed by atoms with Crippen molar-refractivity contribution in [2.24, 2.45) is 5.92 Å². The second-order valence-electron chi connectivity index (χ2n) is 5.27. The summed E-state index contributed by atoms with van der Waals surface area (Å²) in [5, 5.41) is 2.62. The van der Waals surface area contributed by atoms with E-state index in [9.17, 15) is 14.4 Å². The van der Waals surface area contributed by atoms with Crippen LogP contribution in [-0.4, -0.2) is 24.3 Å². The highest BCUT2D eigenvalue weighted by atomic mass is 16.5. The zero-order valence-corrected chi connectivity index (χ0v) is 12.1. The number of esters is 1. The summed E-state index contributed by atoms with van der Waals surface area (Å²) in [6, 6.07) is 6.51. The van der Waals surface area contributed by atoms with Gasteiger partial charge in [-0.05, 0) is 37.1 Å². The fourth-order valence-corrected chi connectivity index (χ4v) is 2.44. The summed E-state index contributed by atoms with van der Waals surface area (Å²) in [6.45, 7) is 1.19. The number of amides is 1. The lowest BCUT2D eigenvalue weighted by Crippen LogP contribution is -2.19. The van der Waals surface area contributed by atoms with Crippen molar-refractivity contribution >= 4 is 23.3 Å². The minimum Gasteiger partial charge on any atom is -0.457 e. The van der Waals surface area contributed by atoms with Crippen LogP contribution >= 0.6 is 0 Å². The molecule has 0 bridgehead atoms. The maximum absolute atomic E-state index is 11.9. The van der Waals surface area contributed by atoms with E-state index in [0.717, 1.165) is 25.7 Å². The van der Waals surface area contributed by atoms with Crippen molar-refractivity contribution < 1.29 is 19.1 Å². The molecule has 2 rings (SSSR count). The van der Waals surface area contributed by atoms with Gasteiger partial charge in [0, 0.05) is 18.2 Å². The highest BCUT2D eigenvalue weighted by molar-refractivity contribution is 5.98. The van der Waals surface area contributed by atoms with Gasteiger partial charge < -0.3 is 10.1 Å². The third kappa shape index (κ3) is 4.41. The molecule has 1 aliphatic carbocycles.